The lowest BCUT2D eigenvalue weighted by atomic mass is 9.65. The molecule has 3 nitrogen and oxygen atoms in total. The summed E-state index contributed by atoms with van der Waals surface area (Å²) in [7, 11) is 0. The van der Waals surface area contributed by atoms with Crippen LogP contribution in [0.4, 0.5) is 0 Å². The zero-order valence-electron chi connectivity index (χ0n) is 9.47. The first-order valence-corrected chi connectivity index (χ1v) is 9.61. The van der Waals surface area contributed by atoms with Crippen molar-refractivity contribution in [2.24, 2.45) is 11.3 Å². The van der Waals surface area contributed by atoms with E-state index < -0.39 is 5.41 Å². The highest BCUT2D eigenvalue weighted by Crippen LogP contribution is 2.52. The molecule has 1 aliphatic heterocycles. The van der Waals surface area contributed by atoms with Gasteiger partial charge in [0.2, 0.25) is 11.8 Å². The van der Waals surface area contributed by atoms with Crippen molar-refractivity contribution in [1.82, 2.24) is 5.32 Å². The minimum absolute atomic E-state index is 0.105. The molecule has 2 amide bonds. The summed E-state index contributed by atoms with van der Waals surface area (Å²) in [5.41, 5.74) is -0.558. The van der Waals surface area contributed by atoms with E-state index in [4.69, 9.17) is 0 Å². The van der Waals surface area contributed by atoms with Crippen LogP contribution in [-0.4, -0.2) is 31.6 Å². The molecule has 2 rings (SSSR count). The van der Waals surface area contributed by atoms with Crippen LogP contribution in [0.1, 0.15) is 19.3 Å². The van der Waals surface area contributed by atoms with Gasteiger partial charge in [-0.3, -0.25) is 14.9 Å². The van der Waals surface area contributed by atoms with Gasteiger partial charge in [-0.2, -0.15) is 0 Å². The second-order valence-corrected chi connectivity index (χ2v) is 9.25. The summed E-state index contributed by atoms with van der Waals surface area (Å²) in [6.45, 7) is 0. The van der Waals surface area contributed by atoms with Gasteiger partial charge in [0, 0.05) is 19.8 Å². The molecule has 1 N–H and O–H groups in total. The highest BCUT2D eigenvalue weighted by atomic mass is 79.9. The normalized spacial score (nSPS) is 41.4. The molecular weight excluding hydrogens is 498 g/mol. The van der Waals surface area contributed by atoms with Crippen molar-refractivity contribution in [3.05, 3.63) is 0 Å². The molecule has 0 bridgehead atoms. The Morgan fingerprint density at radius 2 is 2.00 bits per heavy atom. The fraction of sp³-hybridized carbons (Fsp3) is 0.818. The Morgan fingerprint density at radius 1 is 1.33 bits per heavy atom. The summed E-state index contributed by atoms with van der Waals surface area (Å²) in [5.74, 6) is -0.424. The third-order valence-corrected chi connectivity index (χ3v) is 8.82. The number of nitrogens with one attached hydrogen (secondary N) is 1. The van der Waals surface area contributed by atoms with Gasteiger partial charge >= 0.3 is 0 Å². The van der Waals surface area contributed by atoms with Gasteiger partial charge in [0.25, 0.3) is 0 Å². The van der Waals surface area contributed by atoms with Crippen molar-refractivity contribution in [2.75, 3.05) is 5.33 Å². The van der Waals surface area contributed by atoms with Crippen molar-refractivity contribution >= 4 is 75.5 Å². The zero-order chi connectivity index (χ0) is 13.5. The van der Waals surface area contributed by atoms with E-state index in [1.807, 2.05) is 0 Å². The number of imide groups is 1. The average Bonchev–Trinajstić information content (AvgIpc) is 2.53. The molecule has 0 radical (unpaired) electrons. The molecule has 1 saturated carbocycles. The lowest BCUT2D eigenvalue weighted by molar-refractivity contribution is -0.130. The highest BCUT2D eigenvalue weighted by molar-refractivity contribution is 9.12. The first-order valence-electron chi connectivity index (χ1n) is 5.74. The molecule has 0 aromatic carbocycles. The monoisotopic (exact) mass is 507 g/mol. The number of amides is 2. The fourth-order valence-electron chi connectivity index (χ4n) is 2.92. The quantitative estimate of drug-likeness (QED) is 0.468. The molecule has 7 heteroatoms. The Kier molecular flexibility index (Phi) is 4.99. The summed E-state index contributed by atoms with van der Waals surface area (Å²) in [6, 6.07) is 0. The predicted molar refractivity (Wildman–Crippen MR) is 84.9 cm³/mol. The van der Waals surface area contributed by atoms with Gasteiger partial charge in [0.1, 0.15) is 0 Å². The van der Waals surface area contributed by atoms with Crippen molar-refractivity contribution in [3.8, 4) is 0 Å². The Labute approximate surface area is 140 Å². The van der Waals surface area contributed by atoms with E-state index in [-0.39, 0.29) is 32.2 Å². The van der Waals surface area contributed by atoms with E-state index in [2.05, 4.69) is 69.0 Å². The SMILES string of the molecule is O=C1NC(=O)C2(CC(Br)CBr)CC(Br)C(Br)CC12. The van der Waals surface area contributed by atoms with E-state index in [1.54, 1.807) is 0 Å². The number of hydrogen-bond acceptors (Lipinski definition) is 2. The summed E-state index contributed by atoms with van der Waals surface area (Å²) < 4.78 is 0. The Hall–Kier alpha value is 1.06. The van der Waals surface area contributed by atoms with Crippen LogP contribution in [0.5, 0.6) is 0 Å². The number of hydrogen-bond donors (Lipinski definition) is 1. The molecule has 0 aromatic heterocycles. The van der Waals surface area contributed by atoms with E-state index in [1.165, 1.54) is 0 Å². The van der Waals surface area contributed by atoms with Crippen LogP contribution in [0.2, 0.25) is 0 Å². The minimum Gasteiger partial charge on any atom is -0.296 e. The van der Waals surface area contributed by atoms with Gasteiger partial charge in [0.05, 0.1) is 11.3 Å². The van der Waals surface area contributed by atoms with Crippen molar-refractivity contribution in [2.45, 2.75) is 33.7 Å². The lowest BCUT2D eigenvalue weighted by Gasteiger charge is -2.41. The van der Waals surface area contributed by atoms with Crippen LogP contribution in [0.25, 0.3) is 0 Å². The van der Waals surface area contributed by atoms with Crippen LogP contribution in [0.3, 0.4) is 0 Å². The molecule has 2 aliphatic rings. The maximum absolute atomic E-state index is 12.2. The Morgan fingerprint density at radius 3 is 2.61 bits per heavy atom. The van der Waals surface area contributed by atoms with Gasteiger partial charge in [-0.05, 0) is 19.3 Å². The summed E-state index contributed by atoms with van der Waals surface area (Å²) >= 11 is 14.2. The van der Waals surface area contributed by atoms with E-state index in [9.17, 15) is 9.59 Å². The molecule has 1 aliphatic carbocycles. The molecular formula is C11H13Br4NO2. The largest absolute Gasteiger partial charge is 0.296 e. The maximum atomic E-state index is 12.2. The molecule has 18 heavy (non-hydrogen) atoms. The molecule has 0 aromatic rings. The van der Waals surface area contributed by atoms with Crippen LogP contribution in [0, 0.1) is 11.3 Å². The zero-order valence-corrected chi connectivity index (χ0v) is 15.8. The minimum atomic E-state index is -0.558. The molecule has 1 saturated heterocycles. The van der Waals surface area contributed by atoms with Crippen molar-refractivity contribution in [3.63, 3.8) is 0 Å². The lowest BCUT2D eigenvalue weighted by Crippen LogP contribution is -2.46. The molecule has 5 unspecified atom stereocenters. The standard InChI is InChI=1S/C11H13Br4NO2/c12-4-5(13)2-11-3-8(15)7(14)1-6(11)9(17)16-10(11)18/h5-8H,1-4H2,(H,16,17,18). The van der Waals surface area contributed by atoms with Gasteiger partial charge in [-0.25, -0.2) is 0 Å². The van der Waals surface area contributed by atoms with E-state index in [0.717, 1.165) is 5.33 Å². The van der Waals surface area contributed by atoms with Gasteiger partial charge in [-0.15, -0.1) is 0 Å². The summed E-state index contributed by atoms with van der Waals surface area (Å²) in [5, 5.41) is 3.29. The Balaban J connectivity index is 2.31. The van der Waals surface area contributed by atoms with Gasteiger partial charge in [-0.1, -0.05) is 63.7 Å². The summed E-state index contributed by atoms with van der Waals surface area (Å²) in [4.78, 5) is 24.9. The number of carbonyl (C=O) groups is 2. The first kappa shape index (κ1) is 15.4. The van der Waals surface area contributed by atoms with Crippen LogP contribution in [0.15, 0.2) is 0 Å². The van der Waals surface area contributed by atoms with Crippen molar-refractivity contribution in [1.29, 1.82) is 0 Å². The Bertz CT molecular complexity index is 374. The smallest absolute Gasteiger partial charge is 0.233 e. The molecule has 1 heterocycles. The van der Waals surface area contributed by atoms with Gasteiger partial charge < -0.3 is 0 Å². The van der Waals surface area contributed by atoms with Crippen LogP contribution >= 0.6 is 63.7 Å². The number of rotatable bonds is 3. The second kappa shape index (κ2) is 5.82. The highest BCUT2D eigenvalue weighted by Gasteiger charge is 2.59. The third-order valence-electron chi connectivity index (χ3n) is 3.84. The van der Waals surface area contributed by atoms with Crippen LogP contribution in [-0.2, 0) is 9.59 Å². The average molecular weight is 511 g/mol. The number of alkyl halides is 4. The van der Waals surface area contributed by atoms with Gasteiger partial charge in [0.15, 0.2) is 0 Å². The molecule has 5 atom stereocenters. The summed E-state index contributed by atoms with van der Waals surface area (Å²) in [6.07, 6.45) is 2.08. The molecule has 102 valence electrons. The molecule has 2 fully saturated rings. The number of carbonyl (C=O) groups excluding carboxylic acids is 2. The number of fused-ring (bicyclic) bond motifs is 1. The fourth-order valence-corrected chi connectivity index (χ4v) is 5.08. The second-order valence-electron chi connectivity index (χ2n) is 4.95. The van der Waals surface area contributed by atoms with E-state index >= 15 is 0 Å². The maximum Gasteiger partial charge on any atom is 0.233 e. The first-order chi connectivity index (χ1) is 8.40. The predicted octanol–water partition coefficient (Wildman–Crippen LogP) is 3.11. The number of halogens is 4. The van der Waals surface area contributed by atoms with Crippen LogP contribution < -0.4 is 5.32 Å². The topological polar surface area (TPSA) is 46.2 Å². The third kappa shape index (κ3) is 2.61. The van der Waals surface area contributed by atoms with Crippen molar-refractivity contribution < 1.29 is 9.59 Å². The van der Waals surface area contributed by atoms with E-state index in [0.29, 0.717) is 19.3 Å². The molecule has 0 spiro atoms.